The lowest BCUT2D eigenvalue weighted by Gasteiger charge is -2.07. The second-order valence-electron chi connectivity index (χ2n) is 4.31. The summed E-state index contributed by atoms with van der Waals surface area (Å²) in [6, 6.07) is 7.87. The van der Waals surface area contributed by atoms with E-state index >= 15 is 0 Å². The van der Waals surface area contributed by atoms with Gasteiger partial charge in [-0.15, -0.1) is 0 Å². The van der Waals surface area contributed by atoms with Crippen molar-refractivity contribution in [2.45, 2.75) is 25.9 Å². The van der Waals surface area contributed by atoms with Gasteiger partial charge < -0.3 is 4.74 Å². The lowest BCUT2D eigenvalue weighted by Crippen LogP contribution is -2.17. The van der Waals surface area contributed by atoms with Crippen LogP contribution in [0.5, 0.6) is 0 Å². The third-order valence-electron chi connectivity index (χ3n) is 2.98. The van der Waals surface area contributed by atoms with Crippen molar-refractivity contribution in [1.82, 2.24) is 0 Å². The molecule has 1 aromatic rings. The third-order valence-corrected chi connectivity index (χ3v) is 3.75. The summed E-state index contributed by atoms with van der Waals surface area (Å²) in [5, 5.41) is 0. The van der Waals surface area contributed by atoms with Gasteiger partial charge in [0.05, 0.1) is 12.7 Å². The summed E-state index contributed by atoms with van der Waals surface area (Å²) in [4.78, 5) is 12.0. The first kappa shape index (κ1) is 11.8. The number of hydrogen-bond acceptors (Lipinski definition) is 2. The smallest absolute Gasteiger partial charge is 0.142 e. The Morgan fingerprint density at radius 1 is 1.50 bits per heavy atom. The minimum atomic E-state index is 0.0853. The molecule has 2 nitrogen and oxygen atoms in total. The minimum Gasteiger partial charge on any atom is -0.378 e. The molecule has 0 saturated carbocycles. The van der Waals surface area contributed by atoms with Crippen LogP contribution in [0.2, 0.25) is 0 Å². The van der Waals surface area contributed by atoms with Crippen molar-refractivity contribution in [3.8, 4) is 0 Å². The third kappa shape index (κ3) is 2.71. The van der Waals surface area contributed by atoms with Crippen molar-refractivity contribution in [3.63, 3.8) is 0 Å². The van der Waals surface area contributed by atoms with Crippen LogP contribution in [0, 0.1) is 5.92 Å². The normalized spacial score (nSPS) is 24.6. The Morgan fingerprint density at radius 3 is 2.88 bits per heavy atom. The fourth-order valence-electron chi connectivity index (χ4n) is 2.02. The second kappa shape index (κ2) is 5.11. The monoisotopic (exact) mass is 282 g/mol. The fourth-order valence-corrected chi connectivity index (χ4v) is 2.44. The summed E-state index contributed by atoms with van der Waals surface area (Å²) < 4.78 is 6.43. The predicted molar refractivity (Wildman–Crippen MR) is 66.4 cm³/mol. The van der Waals surface area contributed by atoms with Gasteiger partial charge in [0.1, 0.15) is 5.78 Å². The Balaban J connectivity index is 2.00. The van der Waals surface area contributed by atoms with Gasteiger partial charge in [0.15, 0.2) is 0 Å². The van der Waals surface area contributed by atoms with Gasteiger partial charge in [-0.05, 0) is 25.0 Å². The van der Waals surface area contributed by atoms with Crippen LogP contribution in [-0.4, -0.2) is 18.5 Å². The average Bonchev–Trinajstić information content (AvgIpc) is 2.68. The van der Waals surface area contributed by atoms with E-state index in [1.807, 2.05) is 31.2 Å². The molecule has 16 heavy (non-hydrogen) atoms. The molecule has 0 amide bonds. The minimum absolute atomic E-state index is 0.0853. The molecule has 0 bridgehead atoms. The summed E-state index contributed by atoms with van der Waals surface area (Å²) in [7, 11) is 0. The molecular weight excluding hydrogens is 268 g/mol. The van der Waals surface area contributed by atoms with Crippen LogP contribution in [0.3, 0.4) is 0 Å². The van der Waals surface area contributed by atoms with E-state index in [4.69, 9.17) is 4.74 Å². The summed E-state index contributed by atoms with van der Waals surface area (Å²) >= 11 is 3.46. The number of ketones is 1. The highest BCUT2D eigenvalue weighted by Crippen LogP contribution is 2.23. The average molecular weight is 283 g/mol. The second-order valence-corrected chi connectivity index (χ2v) is 5.17. The molecule has 0 spiro atoms. The van der Waals surface area contributed by atoms with E-state index in [0.717, 1.165) is 16.5 Å². The molecule has 1 heterocycles. The fraction of sp³-hybridized carbons (Fsp3) is 0.462. The summed E-state index contributed by atoms with van der Waals surface area (Å²) in [6.45, 7) is 2.61. The van der Waals surface area contributed by atoms with Crippen molar-refractivity contribution in [2.75, 3.05) is 6.61 Å². The maximum atomic E-state index is 12.0. The van der Waals surface area contributed by atoms with Crippen molar-refractivity contribution in [3.05, 3.63) is 34.3 Å². The van der Waals surface area contributed by atoms with Crippen LogP contribution in [0.25, 0.3) is 0 Å². The standard InChI is InChI=1S/C13H15BrO2/c1-9-6-11(8-16-9)13(15)7-10-4-2-3-5-12(10)14/h2-5,9,11H,6-8H2,1H3. The van der Waals surface area contributed by atoms with E-state index in [0.29, 0.717) is 13.0 Å². The Hall–Kier alpha value is -0.670. The van der Waals surface area contributed by atoms with Crippen LogP contribution in [0.1, 0.15) is 18.9 Å². The predicted octanol–water partition coefficient (Wildman–Crippen LogP) is 2.99. The number of hydrogen-bond donors (Lipinski definition) is 0. The number of ether oxygens (including phenoxy) is 1. The van der Waals surface area contributed by atoms with E-state index in [1.165, 1.54) is 0 Å². The maximum absolute atomic E-state index is 12.0. The van der Waals surface area contributed by atoms with Crippen LogP contribution in [0.4, 0.5) is 0 Å². The largest absolute Gasteiger partial charge is 0.378 e. The van der Waals surface area contributed by atoms with Crippen LogP contribution >= 0.6 is 15.9 Å². The van der Waals surface area contributed by atoms with Crippen LogP contribution in [-0.2, 0) is 16.0 Å². The Morgan fingerprint density at radius 2 is 2.25 bits per heavy atom. The topological polar surface area (TPSA) is 26.3 Å². The van der Waals surface area contributed by atoms with Crippen molar-refractivity contribution in [2.24, 2.45) is 5.92 Å². The first-order valence-corrected chi connectivity index (χ1v) is 6.34. The van der Waals surface area contributed by atoms with Gasteiger partial charge in [-0.25, -0.2) is 0 Å². The van der Waals surface area contributed by atoms with Crippen LogP contribution in [0.15, 0.2) is 28.7 Å². The summed E-state index contributed by atoms with van der Waals surface area (Å²) in [5.41, 5.74) is 1.06. The molecule has 2 atom stereocenters. The zero-order valence-electron chi connectivity index (χ0n) is 9.28. The number of benzene rings is 1. The maximum Gasteiger partial charge on any atom is 0.142 e. The van der Waals surface area contributed by atoms with Gasteiger partial charge in [0.2, 0.25) is 0 Å². The highest BCUT2D eigenvalue weighted by atomic mass is 79.9. The number of halogens is 1. The zero-order valence-corrected chi connectivity index (χ0v) is 10.9. The lowest BCUT2D eigenvalue weighted by molar-refractivity contribution is -0.122. The molecule has 1 aromatic carbocycles. The van der Waals surface area contributed by atoms with E-state index in [2.05, 4.69) is 15.9 Å². The number of rotatable bonds is 3. The molecule has 86 valence electrons. The van der Waals surface area contributed by atoms with Crippen LogP contribution < -0.4 is 0 Å². The number of Topliss-reactive ketones (excluding diaryl/α,β-unsaturated/α-hetero) is 1. The van der Waals surface area contributed by atoms with E-state index in [1.54, 1.807) is 0 Å². The molecule has 0 aromatic heterocycles. The molecular formula is C13H15BrO2. The van der Waals surface area contributed by atoms with Gasteiger partial charge in [0, 0.05) is 16.8 Å². The molecule has 0 N–H and O–H groups in total. The number of carbonyl (C=O) groups excluding carboxylic acids is 1. The molecule has 0 aliphatic carbocycles. The quantitative estimate of drug-likeness (QED) is 0.852. The van der Waals surface area contributed by atoms with E-state index in [-0.39, 0.29) is 17.8 Å². The van der Waals surface area contributed by atoms with Crippen molar-refractivity contribution in [1.29, 1.82) is 0 Å². The SMILES string of the molecule is CC1CC(C(=O)Cc2ccccc2Br)CO1. The highest BCUT2D eigenvalue weighted by molar-refractivity contribution is 9.10. The molecule has 2 unspecified atom stereocenters. The molecule has 1 fully saturated rings. The highest BCUT2D eigenvalue weighted by Gasteiger charge is 2.28. The Bertz CT molecular complexity index is 389. The van der Waals surface area contributed by atoms with Gasteiger partial charge in [0.25, 0.3) is 0 Å². The van der Waals surface area contributed by atoms with Crippen molar-refractivity contribution >= 4 is 21.7 Å². The zero-order chi connectivity index (χ0) is 11.5. The lowest BCUT2D eigenvalue weighted by atomic mass is 9.96. The first-order chi connectivity index (χ1) is 7.66. The van der Waals surface area contributed by atoms with Gasteiger partial charge in [-0.2, -0.15) is 0 Å². The van der Waals surface area contributed by atoms with Gasteiger partial charge >= 0.3 is 0 Å². The molecule has 3 heteroatoms. The van der Waals surface area contributed by atoms with Gasteiger partial charge in [-0.3, -0.25) is 4.79 Å². The Labute approximate surface area is 104 Å². The number of carbonyl (C=O) groups is 1. The molecule has 1 aliphatic heterocycles. The summed E-state index contributed by atoms with van der Waals surface area (Å²) in [5.74, 6) is 0.373. The summed E-state index contributed by atoms with van der Waals surface area (Å²) in [6.07, 6.45) is 1.60. The molecule has 1 saturated heterocycles. The van der Waals surface area contributed by atoms with Crippen molar-refractivity contribution < 1.29 is 9.53 Å². The van der Waals surface area contributed by atoms with E-state index in [9.17, 15) is 4.79 Å². The molecule has 0 radical (unpaired) electrons. The Kier molecular flexibility index (Phi) is 3.77. The molecule has 1 aliphatic rings. The van der Waals surface area contributed by atoms with E-state index < -0.39 is 0 Å². The first-order valence-electron chi connectivity index (χ1n) is 5.54. The molecule has 2 rings (SSSR count). The van der Waals surface area contributed by atoms with Gasteiger partial charge in [-0.1, -0.05) is 34.1 Å².